The van der Waals surface area contributed by atoms with E-state index in [-0.39, 0.29) is 16.1 Å². The van der Waals surface area contributed by atoms with Crippen LogP contribution >= 0.6 is 37.9 Å². The van der Waals surface area contributed by atoms with Crippen LogP contribution in [0.4, 0.5) is 5.88 Å². The fraction of sp³-hybridized carbons (Fsp3) is 0.385. The van der Waals surface area contributed by atoms with Crippen molar-refractivity contribution in [3.63, 3.8) is 0 Å². The van der Waals surface area contributed by atoms with Crippen molar-refractivity contribution < 1.29 is 4.42 Å². The predicted octanol–water partition coefficient (Wildman–Crippen LogP) is 3.23. The molecule has 20 heavy (non-hydrogen) atoms. The summed E-state index contributed by atoms with van der Waals surface area (Å²) in [4.78, 5) is 14.0. The second kappa shape index (κ2) is 6.43. The van der Waals surface area contributed by atoms with E-state index in [9.17, 15) is 4.79 Å². The number of nitrogens with zero attached hydrogens (tertiary/aromatic N) is 2. The van der Waals surface area contributed by atoms with Gasteiger partial charge < -0.3 is 9.32 Å². The summed E-state index contributed by atoms with van der Waals surface area (Å²) in [6, 6.07) is 1.56. The molecule has 0 amide bonds. The number of fused-ring (bicyclic) bond motifs is 1. The molecule has 110 valence electrons. The average Bonchev–Trinajstić information content (AvgIpc) is 2.77. The fourth-order valence-electron chi connectivity index (χ4n) is 1.65. The van der Waals surface area contributed by atoms with Crippen LogP contribution in [0.25, 0.3) is 10.3 Å². The van der Waals surface area contributed by atoms with Crippen molar-refractivity contribution in [2.45, 2.75) is 0 Å². The van der Waals surface area contributed by atoms with Crippen LogP contribution in [0.5, 0.6) is 0 Å². The first-order valence-corrected chi connectivity index (χ1v) is 9.42. The molecule has 0 radical (unpaired) electrons. The Morgan fingerprint density at radius 2 is 2.15 bits per heavy atom. The summed E-state index contributed by atoms with van der Waals surface area (Å²) in [5.74, 6) is 4.60. The molecule has 1 atom stereocenters. The van der Waals surface area contributed by atoms with E-state index in [1.54, 1.807) is 6.07 Å². The van der Waals surface area contributed by atoms with Crippen molar-refractivity contribution in [2.24, 2.45) is 0 Å². The highest BCUT2D eigenvalue weighted by Crippen LogP contribution is 2.30. The Balaban J connectivity index is 2.22. The molecule has 2 aromatic heterocycles. The van der Waals surface area contributed by atoms with E-state index in [2.05, 4.69) is 32.4 Å². The Bertz CT molecular complexity index is 695. The van der Waals surface area contributed by atoms with Crippen molar-refractivity contribution in [2.75, 3.05) is 38.3 Å². The Kier molecular flexibility index (Phi) is 5.06. The Hall–Kier alpha value is -0.630. The van der Waals surface area contributed by atoms with Crippen LogP contribution in [0.3, 0.4) is 0 Å². The standard InChI is InChI=1S/C13H17BrN2O2S2/c1-15(5-6-16(2)20(3)4)11-7-10(17)13-12(18-11)9(14)8-19-13/h7-8H,3,5-6H2,1-2,4H3. The van der Waals surface area contributed by atoms with E-state index in [0.717, 1.165) is 17.6 Å². The predicted molar refractivity (Wildman–Crippen MR) is 94.6 cm³/mol. The summed E-state index contributed by atoms with van der Waals surface area (Å²) in [6.07, 6.45) is 2.08. The lowest BCUT2D eigenvalue weighted by Gasteiger charge is -2.22. The zero-order valence-electron chi connectivity index (χ0n) is 11.7. The second-order valence-corrected chi connectivity index (χ2v) is 8.12. The van der Waals surface area contributed by atoms with Crippen molar-refractivity contribution in [1.29, 1.82) is 0 Å². The number of hydrogen-bond donors (Lipinski definition) is 0. The van der Waals surface area contributed by atoms with Crippen molar-refractivity contribution in [3.8, 4) is 0 Å². The fourth-order valence-corrected chi connectivity index (χ4v) is 3.49. The minimum Gasteiger partial charge on any atom is -0.438 e. The third-order valence-electron chi connectivity index (χ3n) is 3.05. The van der Waals surface area contributed by atoms with Gasteiger partial charge in [0.05, 0.1) is 4.47 Å². The topological polar surface area (TPSA) is 36.7 Å². The summed E-state index contributed by atoms with van der Waals surface area (Å²) in [6.45, 7) is 1.64. The van der Waals surface area contributed by atoms with E-state index in [0.29, 0.717) is 16.2 Å². The lowest BCUT2D eigenvalue weighted by molar-refractivity contribution is 0.537. The lowest BCUT2D eigenvalue weighted by atomic mass is 10.4. The van der Waals surface area contributed by atoms with Crippen LogP contribution < -0.4 is 10.3 Å². The van der Waals surface area contributed by atoms with Gasteiger partial charge in [0.15, 0.2) is 11.5 Å². The molecule has 0 N–H and O–H groups in total. The summed E-state index contributed by atoms with van der Waals surface area (Å²) >= 11 is 4.81. The minimum atomic E-state index is 0.00146. The average molecular weight is 377 g/mol. The van der Waals surface area contributed by atoms with Crippen LogP contribution in [0.2, 0.25) is 0 Å². The van der Waals surface area contributed by atoms with Crippen LogP contribution in [-0.2, 0) is 0 Å². The summed E-state index contributed by atoms with van der Waals surface area (Å²) < 4.78 is 9.48. The van der Waals surface area contributed by atoms with Crippen molar-refractivity contribution in [3.05, 3.63) is 26.1 Å². The highest BCUT2D eigenvalue weighted by Gasteiger charge is 2.13. The van der Waals surface area contributed by atoms with Gasteiger partial charge in [-0.1, -0.05) is 5.87 Å². The third-order valence-corrected chi connectivity index (χ3v) is 6.16. The maximum Gasteiger partial charge on any atom is 0.204 e. The van der Waals surface area contributed by atoms with Gasteiger partial charge in [0, 0.05) is 31.6 Å². The zero-order valence-corrected chi connectivity index (χ0v) is 14.9. The van der Waals surface area contributed by atoms with Crippen LogP contribution in [0, 0.1) is 0 Å². The molecule has 0 saturated heterocycles. The smallest absolute Gasteiger partial charge is 0.204 e. The molecule has 2 aromatic rings. The summed E-state index contributed by atoms with van der Waals surface area (Å²) in [5.41, 5.74) is 0.634. The van der Waals surface area contributed by atoms with Gasteiger partial charge >= 0.3 is 0 Å². The number of thiophene rings is 1. The van der Waals surface area contributed by atoms with Gasteiger partial charge in [-0.25, -0.2) is 0 Å². The molecule has 0 aliphatic rings. The largest absolute Gasteiger partial charge is 0.438 e. The monoisotopic (exact) mass is 376 g/mol. The first kappa shape index (κ1) is 15.8. The van der Waals surface area contributed by atoms with E-state index in [1.807, 2.05) is 24.4 Å². The highest BCUT2D eigenvalue weighted by molar-refractivity contribution is 9.10. The number of halogens is 1. The van der Waals surface area contributed by atoms with E-state index >= 15 is 0 Å². The molecule has 0 aromatic carbocycles. The van der Waals surface area contributed by atoms with Crippen molar-refractivity contribution in [1.82, 2.24) is 4.31 Å². The SMILES string of the molecule is C=S(C)N(C)CCN(C)c1cc(=O)c2scc(Br)c2o1. The van der Waals surface area contributed by atoms with Crippen LogP contribution in [-0.4, -0.2) is 43.6 Å². The number of likely N-dealkylation sites (N-methyl/N-ethyl adjacent to an activating group) is 2. The van der Waals surface area contributed by atoms with Gasteiger partial charge in [0.2, 0.25) is 5.43 Å². The maximum atomic E-state index is 12.0. The Morgan fingerprint density at radius 1 is 1.45 bits per heavy atom. The van der Waals surface area contributed by atoms with Gasteiger partial charge in [0.25, 0.3) is 0 Å². The zero-order chi connectivity index (χ0) is 14.9. The molecule has 2 rings (SSSR count). The lowest BCUT2D eigenvalue weighted by Crippen LogP contribution is -2.28. The first-order valence-electron chi connectivity index (χ1n) is 5.99. The van der Waals surface area contributed by atoms with Crippen LogP contribution in [0.15, 0.2) is 25.1 Å². The first-order chi connectivity index (χ1) is 9.40. The molecule has 1 unspecified atom stereocenters. The highest BCUT2D eigenvalue weighted by atomic mass is 79.9. The molecule has 0 saturated carbocycles. The van der Waals surface area contributed by atoms with Gasteiger partial charge in [-0.2, -0.15) is 0 Å². The van der Waals surface area contributed by atoms with E-state index in [4.69, 9.17) is 4.42 Å². The third kappa shape index (κ3) is 3.33. The quantitative estimate of drug-likeness (QED) is 0.750. The van der Waals surface area contributed by atoms with Crippen LogP contribution in [0.1, 0.15) is 0 Å². The van der Waals surface area contributed by atoms with E-state index in [1.165, 1.54) is 11.3 Å². The molecule has 0 bridgehead atoms. The Morgan fingerprint density at radius 3 is 2.80 bits per heavy atom. The van der Waals surface area contributed by atoms with E-state index < -0.39 is 0 Å². The second-order valence-electron chi connectivity index (χ2n) is 4.56. The van der Waals surface area contributed by atoms with Gasteiger partial charge in [-0.05, 0) is 29.2 Å². The number of anilines is 1. The maximum absolute atomic E-state index is 12.0. The summed E-state index contributed by atoms with van der Waals surface area (Å²) in [7, 11) is 3.97. The molecule has 7 heteroatoms. The Labute approximate surface area is 133 Å². The normalized spacial score (nSPS) is 13.1. The molecule has 2 heterocycles. The molecular formula is C13H17BrN2O2S2. The number of rotatable bonds is 5. The van der Waals surface area contributed by atoms with Gasteiger partial charge in [0.1, 0.15) is 4.70 Å². The summed E-state index contributed by atoms with van der Waals surface area (Å²) in [5, 5.41) is 1.87. The van der Waals surface area contributed by atoms with Crippen molar-refractivity contribution >= 4 is 60.0 Å². The molecule has 4 nitrogen and oxygen atoms in total. The molecule has 0 spiro atoms. The minimum absolute atomic E-state index is 0.00146. The number of hydrogen-bond acceptors (Lipinski definition) is 5. The molecular weight excluding hydrogens is 360 g/mol. The molecule has 0 aliphatic heterocycles. The molecule has 0 aliphatic carbocycles. The molecule has 0 fully saturated rings. The van der Waals surface area contributed by atoms with Gasteiger partial charge in [-0.3, -0.25) is 9.10 Å². The van der Waals surface area contributed by atoms with Gasteiger partial charge in [-0.15, -0.1) is 22.0 Å².